The Kier molecular flexibility index (Phi) is 27.7. The van der Waals surface area contributed by atoms with E-state index < -0.39 is 66.9 Å². The van der Waals surface area contributed by atoms with Gasteiger partial charge in [-0.25, -0.2) is 0 Å². The SMILES string of the molecule is CCNC(=O)CCOCC(COCCC(=O)NCC)(COCCC(=O)NCC(CC)CC(C)COC1OC(CO)C(O)C(O)C1NC(C)=O)NC(=O)CC(=O)NCC(C)C. The molecule has 9 N–H and O–H groups in total. The number of carbonyl (C=O) groups excluding carboxylic acids is 6. The zero-order valence-corrected chi connectivity index (χ0v) is 36.7. The van der Waals surface area contributed by atoms with Gasteiger partial charge in [-0.3, -0.25) is 28.8 Å². The first-order valence-electron chi connectivity index (χ1n) is 21.1. The van der Waals surface area contributed by atoms with E-state index in [2.05, 4.69) is 31.9 Å². The van der Waals surface area contributed by atoms with E-state index in [-0.39, 0.29) is 101 Å². The van der Waals surface area contributed by atoms with Gasteiger partial charge in [-0.1, -0.05) is 34.1 Å². The van der Waals surface area contributed by atoms with E-state index in [0.29, 0.717) is 32.6 Å². The maximum atomic E-state index is 13.2. The molecule has 0 aliphatic carbocycles. The Morgan fingerprint density at radius 1 is 0.717 bits per heavy atom. The van der Waals surface area contributed by atoms with Crippen LogP contribution in [0.3, 0.4) is 0 Å². The Morgan fingerprint density at radius 3 is 1.70 bits per heavy atom. The maximum Gasteiger partial charge on any atom is 0.230 e. The monoisotopic (exact) mass is 863 g/mol. The Balaban J connectivity index is 2.88. The predicted octanol–water partition coefficient (Wildman–Crippen LogP) is -1.38. The number of aliphatic hydroxyl groups excluding tert-OH is 3. The summed E-state index contributed by atoms with van der Waals surface area (Å²) in [5, 5.41) is 46.8. The second-order valence-corrected chi connectivity index (χ2v) is 15.7. The van der Waals surface area contributed by atoms with Gasteiger partial charge >= 0.3 is 0 Å². The lowest BCUT2D eigenvalue weighted by atomic mass is 9.93. The number of ether oxygens (including phenoxy) is 5. The van der Waals surface area contributed by atoms with Gasteiger partial charge < -0.3 is 70.9 Å². The van der Waals surface area contributed by atoms with E-state index >= 15 is 0 Å². The normalized spacial score (nSPS) is 20.1. The molecule has 1 saturated heterocycles. The van der Waals surface area contributed by atoms with Crippen LogP contribution >= 0.6 is 0 Å². The predicted molar refractivity (Wildman–Crippen MR) is 219 cm³/mol. The van der Waals surface area contributed by atoms with Gasteiger partial charge in [0.25, 0.3) is 0 Å². The van der Waals surface area contributed by atoms with Crippen molar-refractivity contribution in [2.45, 2.75) is 123 Å². The van der Waals surface area contributed by atoms with Gasteiger partial charge in [-0.15, -0.1) is 0 Å². The third kappa shape index (κ3) is 22.9. The molecule has 1 aliphatic heterocycles. The van der Waals surface area contributed by atoms with Gasteiger partial charge in [-0.05, 0) is 38.0 Å². The molecular formula is C40H74N6O14. The molecule has 1 rings (SSSR count). The van der Waals surface area contributed by atoms with Crippen LogP contribution in [0.1, 0.15) is 87.0 Å². The molecule has 1 heterocycles. The molecule has 20 heteroatoms. The number of aliphatic hydroxyl groups is 3. The molecule has 60 heavy (non-hydrogen) atoms. The minimum Gasteiger partial charge on any atom is -0.394 e. The molecule has 0 bridgehead atoms. The molecule has 6 amide bonds. The van der Waals surface area contributed by atoms with Crippen LogP contribution in [0, 0.1) is 17.8 Å². The lowest BCUT2D eigenvalue weighted by Gasteiger charge is -2.42. The first-order valence-corrected chi connectivity index (χ1v) is 21.1. The van der Waals surface area contributed by atoms with Gasteiger partial charge in [0.15, 0.2) is 6.29 Å². The van der Waals surface area contributed by atoms with Crippen molar-refractivity contribution in [1.82, 2.24) is 31.9 Å². The first-order chi connectivity index (χ1) is 28.5. The molecule has 0 aromatic rings. The zero-order valence-electron chi connectivity index (χ0n) is 36.7. The highest BCUT2D eigenvalue weighted by Crippen LogP contribution is 2.24. The van der Waals surface area contributed by atoms with Crippen LogP contribution in [0.5, 0.6) is 0 Å². The lowest BCUT2D eigenvalue weighted by Crippen LogP contribution is -2.64. The number of hydrogen-bond donors (Lipinski definition) is 9. The van der Waals surface area contributed by atoms with E-state index in [1.807, 2.05) is 27.7 Å². The largest absolute Gasteiger partial charge is 0.394 e. The highest BCUT2D eigenvalue weighted by Gasteiger charge is 2.45. The minimum atomic E-state index is -1.42. The van der Waals surface area contributed by atoms with Crippen molar-refractivity contribution in [3.05, 3.63) is 0 Å². The maximum absolute atomic E-state index is 13.2. The van der Waals surface area contributed by atoms with Crippen LogP contribution in [0.4, 0.5) is 0 Å². The third-order valence-corrected chi connectivity index (χ3v) is 9.43. The third-order valence-electron chi connectivity index (χ3n) is 9.43. The van der Waals surface area contributed by atoms with Gasteiger partial charge in [-0.2, -0.15) is 0 Å². The number of nitrogens with one attached hydrogen (secondary N) is 6. The molecule has 7 unspecified atom stereocenters. The number of carbonyl (C=O) groups is 6. The second kappa shape index (κ2) is 30.5. The van der Waals surface area contributed by atoms with Gasteiger partial charge in [0, 0.05) is 52.4 Å². The fraction of sp³-hybridized carbons (Fsp3) is 0.850. The number of rotatable bonds is 32. The summed E-state index contributed by atoms with van der Waals surface area (Å²) in [6.07, 6.45) is -4.00. The molecule has 20 nitrogen and oxygen atoms in total. The van der Waals surface area contributed by atoms with Crippen molar-refractivity contribution < 1.29 is 67.8 Å². The summed E-state index contributed by atoms with van der Waals surface area (Å²) in [6.45, 7) is 13.4. The molecule has 1 aliphatic rings. The molecule has 0 aromatic heterocycles. The average molecular weight is 863 g/mol. The van der Waals surface area contributed by atoms with Crippen LogP contribution in [-0.4, -0.2) is 166 Å². The van der Waals surface area contributed by atoms with Crippen molar-refractivity contribution in [2.75, 3.05) is 79.0 Å². The van der Waals surface area contributed by atoms with E-state index in [1.165, 1.54) is 6.92 Å². The summed E-state index contributed by atoms with van der Waals surface area (Å²) in [7, 11) is 0. The molecule has 348 valence electrons. The van der Waals surface area contributed by atoms with Crippen molar-refractivity contribution in [3.8, 4) is 0 Å². The molecule has 0 radical (unpaired) electrons. The highest BCUT2D eigenvalue weighted by atomic mass is 16.7. The van der Waals surface area contributed by atoms with E-state index in [4.69, 9.17) is 23.7 Å². The van der Waals surface area contributed by atoms with Gasteiger partial charge in [0.1, 0.15) is 36.3 Å². The molecule has 0 spiro atoms. The summed E-state index contributed by atoms with van der Waals surface area (Å²) in [6, 6.07) is -1.05. The molecule has 1 fully saturated rings. The molecular weight excluding hydrogens is 788 g/mol. The van der Waals surface area contributed by atoms with E-state index in [9.17, 15) is 44.1 Å². The fourth-order valence-corrected chi connectivity index (χ4v) is 6.22. The van der Waals surface area contributed by atoms with Crippen LogP contribution in [-0.2, 0) is 52.5 Å². The second-order valence-electron chi connectivity index (χ2n) is 15.7. The van der Waals surface area contributed by atoms with Crippen molar-refractivity contribution in [1.29, 1.82) is 0 Å². The fourth-order valence-electron chi connectivity index (χ4n) is 6.22. The minimum absolute atomic E-state index is 0.0173. The lowest BCUT2D eigenvalue weighted by molar-refractivity contribution is -0.272. The van der Waals surface area contributed by atoms with Crippen LogP contribution in [0.2, 0.25) is 0 Å². The summed E-state index contributed by atoms with van der Waals surface area (Å²) in [5.41, 5.74) is -1.35. The number of hydrogen-bond acceptors (Lipinski definition) is 14. The van der Waals surface area contributed by atoms with Crippen molar-refractivity contribution >= 4 is 35.4 Å². The summed E-state index contributed by atoms with van der Waals surface area (Å²) < 4.78 is 29.2. The zero-order chi connectivity index (χ0) is 45.1. The Morgan fingerprint density at radius 2 is 1.23 bits per heavy atom. The van der Waals surface area contributed by atoms with Crippen LogP contribution < -0.4 is 31.9 Å². The van der Waals surface area contributed by atoms with E-state index in [1.54, 1.807) is 13.8 Å². The summed E-state index contributed by atoms with van der Waals surface area (Å²) in [4.78, 5) is 74.5. The van der Waals surface area contributed by atoms with Crippen molar-refractivity contribution in [2.24, 2.45) is 17.8 Å². The van der Waals surface area contributed by atoms with E-state index in [0.717, 1.165) is 6.42 Å². The Bertz CT molecular complexity index is 1270. The van der Waals surface area contributed by atoms with Crippen molar-refractivity contribution in [3.63, 3.8) is 0 Å². The Labute approximate surface area is 354 Å². The molecule has 0 saturated carbocycles. The summed E-state index contributed by atoms with van der Waals surface area (Å²) >= 11 is 0. The molecule has 7 atom stereocenters. The average Bonchev–Trinajstić information content (AvgIpc) is 3.19. The topological polar surface area (TPSA) is 281 Å². The number of amides is 6. The first kappa shape index (κ1) is 54.5. The molecule has 0 aromatic carbocycles. The smallest absolute Gasteiger partial charge is 0.230 e. The van der Waals surface area contributed by atoms with Crippen LogP contribution in [0.15, 0.2) is 0 Å². The summed E-state index contributed by atoms with van der Waals surface area (Å²) in [5.74, 6) is -2.04. The highest BCUT2D eigenvalue weighted by molar-refractivity contribution is 5.97. The standard InChI is InChI=1S/C40H74N6O14/c1-8-29(17-27(6)22-59-39-36(45-28(7)48)38(55)37(54)30(21-47)60-39)20-44-33(51)13-16-58-25-40(23-56-14-11-31(49)41-9-2,24-57-15-12-32(50)42-10-3)46-35(53)18-34(52)43-19-26(4)5/h26-27,29-30,36-39,47,54-55H,8-25H2,1-7H3,(H,41,49)(H,42,50)(H,43,52)(H,44,51)(H,45,48)(H,46,53). The van der Waals surface area contributed by atoms with Crippen LogP contribution in [0.25, 0.3) is 0 Å². The Hall–Kier alpha value is -3.50. The van der Waals surface area contributed by atoms with Gasteiger partial charge in [0.05, 0.1) is 52.9 Å². The van der Waals surface area contributed by atoms with Gasteiger partial charge in [0.2, 0.25) is 35.4 Å². The quantitative estimate of drug-likeness (QED) is 0.0279.